The van der Waals surface area contributed by atoms with Gasteiger partial charge < -0.3 is 11.1 Å². The number of nitrogens with two attached hydrogens (primary N) is 1. The number of rotatable bonds is 3. The second-order valence-electron chi connectivity index (χ2n) is 3.31. The first-order valence-electron chi connectivity index (χ1n) is 4.77. The second-order valence-corrected chi connectivity index (χ2v) is 4.22. The topological polar surface area (TPSA) is 94.0 Å². The Morgan fingerprint density at radius 2 is 2.06 bits per heavy atom. The molecule has 0 aliphatic heterocycles. The summed E-state index contributed by atoms with van der Waals surface area (Å²) in [5.41, 5.74) is 6.37. The average molecular weight is 297 g/mol. The molecule has 17 heavy (non-hydrogen) atoms. The van der Waals surface area contributed by atoms with Crippen molar-refractivity contribution in [2.75, 3.05) is 5.73 Å². The lowest BCUT2D eigenvalue weighted by Gasteiger charge is -2.03. The SMILES string of the molecule is Nc1nonc1C(=O)NCc1ccc(Br)cc1. The predicted octanol–water partition coefficient (Wildman–Crippen LogP) is 1.34. The average Bonchev–Trinajstić information content (AvgIpc) is 2.74. The zero-order valence-electron chi connectivity index (χ0n) is 8.68. The van der Waals surface area contributed by atoms with Crippen LogP contribution in [0.2, 0.25) is 0 Å². The Balaban J connectivity index is 1.97. The van der Waals surface area contributed by atoms with E-state index in [0.29, 0.717) is 6.54 Å². The number of nitrogens with one attached hydrogen (secondary N) is 1. The van der Waals surface area contributed by atoms with E-state index in [9.17, 15) is 4.79 Å². The maximum Gasteiger partial charge on any atom is 0.277 e. The fraction of sp³-hybridized carbons (Fsp3) is 0.100. The number of hydrogen-bond donors (Lipinski definition) is 2. The highest BCUT2D eigenvalue weighted by molar-refractivity contribution is 9.10. The molecule has 0 saturated heterocycles. The van der Waals surface area contributed by atoms with Gasteiger partial charge in [-0.1, -0.05) is 28.1 Å². The van der Waals surface area contributed by atoms with Gasteiger partial charge in [-0.2, -0.15) is 0 Å². The minimum atomic E-state index is -0.410. The summed E-state index contributed by atoms with van der Waals surface area (Å²) in [4.78, 5) is 11.6. The smallest absolute Gasteiger partial charge is 0.277 e. The summed E-state index contributed by atoms with van der Waals surface area (Å²) >= 11 is 3.33. The van der Waals surface area contributed by atoms with E-state index in [0.717, 1.165) is 10.0 Å². The molecule has 0 unspecified atom stereocenters. The van der Waals surface area contributed by atoms with Crippen molar-refractivity contribution in [3.8, 4) is 0 Å². The highest BCUT2D eigenvalue weighted by atomic mass is 79.9. The van der Waals surface area contributed by atoms with Crippen LogP contribution in [0.3, 0.4) is 0 Å². The summed E-state index contributed by atoms with van der Waals surface area (Å²) in [6.45, 7) is 0.387. The van der Waals surface area contributed by atoms with E-state index in [1.165, 1.54) is 0 Å². The normalized spacial score (nSPS) is 10.2. The van der Waals surface area contributed by atoms with E-state index in [2.05, 4.69) is 36.2 Å². The highest BCUT2D eigenvalue weighted by Gasteiger charge is 2.15. The molecule has 0 radical (unpaired) electrons. The van der Waals surface area contributed by atoms with Gasteiger partial charge in [0.25, 0.3) is 5.91 Å². The number of benzene rings is 1. The van der Waals surface area contributed by atoms with Crippen molar-refractivity contribution in [2.45, 2.75) is 6.54 Å². The number of carbonyl (C=O) groups is 1. The number of anilines is 1. The number of nitrogens with zero attached hydrogens (tertiary/aromatic N) is 2. The molecule has 2 rings (SSSR count). The Kier molecular flexibility index (Phi) is 3.38. The Morgan fingerprint density at radius 1 is 1.35 bits per heavy atom. The van der Waals surface area contributed by atoms with Crippen molar-refractivity contribution in [2.24, 2.45) is 0 Å². The van der Waals surface area contributed by atoms with Gasteiger partial charge in [-0.05, 0) is 28.0 Å². The molecular weight excluding hydrogens is 288 g/mol. The Labute approximate surface area is 105 Å². The number of amides is 1. The minimum absolute atomic E-state index is 0.00196. The van der Waals surface area contributed by atoms with Crippen LogP contribution in [0.4, 0.5) is 5.82 Å². The van der Waals surface area contributed by atoms with Crippen molar-refractivity contribution in [1.82, 2.24) is 15.6 Å². The highest BCUT2D eigenvalue weighted by Crippen LogP contribution is 2.10. The van der Waals surface area contributed by atoms with Crippen LogP contribution in [0.5, 0.6) is 0 Å². The van der Waals surface area contributed by atoms with Crippen LogP contribution < -0.4 is 11.1 Å². The Hall–Kier alpha value is -1.89. The number of nitrogen functional groups attached to an aromatic ring is 1. The molecule has 1 aromatic carbocycles. The lowest BCUT2D eigenvalue weighted by molar-refractivity contribution is 0.0941. The van der Waals surface area contributed by atoms with Crippen LogP contribution in [-0.4, -0.2) is 16.2 Å². The minimum Gasteiger partial charge on any atom is -0.379 e. The first-order chi connectivity index (χ1) is 8.16. The van der Waals surface area contributed by atoms with Gasteiger partial charge in [-0.3, -0.25) is 4.79 Å². The molecule has 2 aromatic rings. The molecule has 0 spiro atoms. The maximum atomic E-state index is 11.6. The zero-order valence-corrected chi connectivity index (χ0v) is 10.3. The van der Waals surface area contributed by atoms with Gasteiger partial charge in [-0.15, -0.1) is 0 Å². The Bertz CT molecular complexity index is 523. The summed E-state index contributed by atoms with van der Waals surface area (Å²) in [5.74, 6) is -0.426. The third-order valence-corrected chi connectivity index (χ3v) is 2.62. The first kappa shape index (κ1) is 11.6. The third kappa shape index (κ3) is 2.82. The number of halogens is 1. The van der Waals surface area contributed by atoms with Crippen LogP contribution in [-0.2, 0) is 6.54 Å². The largest absolute Gasteiger partial charge is 0.379 e. The Morgan fingerprint density at radius 3 is 2.65 bits per heavy atom. The van der Waals surface area contributed by atoms with Gasteiger partial charge in [0.2, 0.25) is 11.5 Å². The standard InChI is InChI=1S/C10H9BrN4O2/c11-7-3-1-6(2-4-7)5-13-10(16)8-9(12)15-17-14-8/h1-4H,5H2,(H2,12,15)(H,13,16). The first-order valence-corrected chi connectivity index (χ1v) is 5.57. The van der Waals surface area contributed by atoms with E-state index < -0.39 is 5.91 Å². The van der Waals surface area contributed by atoms with Gasteiger partial charge in [-0.25, -0.2) is 4.63 Å². The quantitative estimate of drug-likeness (QED) is 0.891. The lowest BCUT2D eigenvalue weighted by Crippen LogP contribution is -2.24. The molecule has 0 bridgehead atoms. The van der Waals surface area contributed by atoms with Crippen LogP contribution in [0.25, 0.3) is 0 Å². The molecule has 3 N–H and O–H groups in total. The molecule has 1 amide bonds. The fourth-order valence-electron chi connectivity index (χ4n) is 1.22. The molecule has 0 aliphatic carbocycles. The maximum absolute atomic E-state index is 11.6. The van der Waals surface area contributed by atoms with Gasteiger partial charge in [0.15, 0.2) is 0 Å². The predicted molar refractivity (Wildman–Crippen MR) is 64.0 cm³/mol. The number of hydrogen-bond acceptors (Lipinski definition) is 5. The van der Waals surface area contributed by atoms with Gasteiger partial charge in [0.05, 0.1) is 0 Å². The van der Waals surface area contributed by atoms with E-state index >= 15 is 0 Å². The van der Waals surface area contributed by atoms with E-state index in [1.807, 2.05) is 24.3 Å². The van der Waals surface area contributed by atoms with Crippen molar-refractivity contribution in [3.63, 3.8) is 0 Å². The van der Waals surface area contributed by atoms with Crippen molar-refractivity contribution in [3.05, 3.63) is 40.0 Å². The summed E-state index contributed by atoms with van der Waals surface area (Å²) in [5, 5.41) is 9.41. The van der Waals surface area contributed by atoms with Crippen molar-refractivity contribution < 1.29 is 9.42 Å². The van der Waals surface area contributed by atoms with E-state index in [-0.39, 0.29) is 11.5 Å². The van der Waals surface area contributed by atoms with Crippen LogP contribution >= 0.6 is 15.9 Å². The van der Waals surface area contributed by atoms with E-state index in [1.54, 1.807) is 0 Å². The number of carbonyl (C=O) groups excluding carboxylic acids is 1. The molecule has 0 aliphatic rings. The molecule has 0 atom stereocenters. The van der Waals surface area contributed by atoms with E-state index in [4.69, 9.17) is 5.73 Å². The fourth-order valence-corrected chi connectivity index (χ4v) is 1.49. The molecule has 6 nitrogen and oxygen atoms in total. The molecule has 1 aromatic heterocycles. The van der Waals surface area contributed by atoms with Crippen LogP contribution in [0, 0.1) is 0 Å². The van der Waals surface area contributed by atoms with Gasteiger partial charge in [0.1, 0.15) is 0 Å². The summed E-state index contributed by atoms with van der Waals surface area (Å²) < 4.78 is 5.33. The monoisotopic (exact) mass is 296 g/mol. The molecule has 88 valence electrons. The van der Waals surface area contributed by atoms with Gasteiger partial charge >= 0.3 is 0 Å². The van der Waals surface area contributed by atoms with Crippen molar-refractivity contribution in [1.29, 1.82) is 0 Å². The van der Waals surface area contributed by atoms with Crippen molar-refractivity contribution >= 4 is 27.7 Å². The van der Waals surface area contributed by atoms with Gasteiger partial charge in [0, 0.05) is 11.0 Å². The molecule has 7 heteroatoms. The number of aromatic nitrogens is 2. The molecular formula is C10H9BrN4O2. The molecule has 0 fully saturated rings. The zero-order chi connectivity index (χ0) is 12.3. The third-order valence-electron chi connectivity index (χ3n) is 2.10. The summed E-state index contributed by atoms with van der Waals surface area (Å²) in [6, 6.07) is 7.59. The lowest BCUT2D eigenvalue weighted by atomic mass is 10.2. The van der Waals surface area contributed by atoms with Crippen LogP contribution in [0.15, 0.2) is 33.4 Å². The molecule has 1 heterocycles. The second kappa shape index (κ2) is 4.96. The van der Waals surface area contributed by atoms with Crippen LogP contribution in [0.1, 0.15) is 16.1 Å². The summed E-state index contributed by atoms with van der Waals surface area (Å²) in [7, 11) is 0. The molecule has 0 saturated carbocycles. The summed E-state index contributed by atoms with van der Waals surface area (Å²) in [6.07, 6.45) is 0.